The van der Waals surface area contributed by atoms with E-state index in [-0.39, 0.29) is 18.4 Å². The molecule has 0 bridgehead atoms. The SMILES string of the molecule is O=C(NCC(CCO)c1ccccc1)c1cnccn1. The van der Waals surface area contributed by atoms with Crippen molar-refractivity contribution < 1.29 is 9.90 Å². The molecule has 2 N–H and O–H groups in total. The summed E-state index contributed by atoms with van der Waals surface area (Å²) in [5.41, 5.74) is 1.39. The minimum Gasteiger partial charge on any atom is -0.396 e. The molecule has 2 aromatic rings. The van der Waals surface area contributed by atoms with Crippen molar-refractivity contribution in [3.05, 3.63) is 60.2 Å². The fourth-order valence-corrected chi connectivity index (χ4v) is 1.99. The maximum atomic E-state index is 11.9. The monoisotopic (exact) mass is 271 g/mol. The second kappa shape index (κ2) is 7.35. The third kappa shape index (κ3) is 3.86. The quantitative estimate of drug-likeness (QED) is 0.832. The molecule has 0 aliphatic rings. The van der Waals surface area contributed by atoms with E-state index in [1.165, 1.54) is 18.6 Å². The average molecular weight is 271 g/mol. The molecule has 1 aromatic heterocycles. The van der Waals surface area contributed by atoms with Gasteiger partial charge in [-0.15, -0.1) is 0 Å². The summed E-state index contributed by atoms with van der Waals surface area (Å²) in [7, 11) is 0. The predicted molar refractivity (Wildman–Crippen MR) is 75.3 cm³/mol. The van der Waals surface area contributed by atoms with Gasteiger partial charge in [0.15, 0.2) is 0 Å². The van der Waals surface area contributed by atoms with Crippen molar-refractivity contribution in [2.24, 2.45) is 0 Å². The molecule has 1 unspecified atom stereocenters. The zero-order valence-electron chi connectivity index (χ0n) is 11.1. The number of hydrogen-bond donors (Lipinski definition) is 2. The lowest BCUT2D eigenvalue weighted by atomic mass is 9.96. The molecular weight excluding hydrogens is 254 g/mol. The normalized spacial score (nSPS) is 11.8. The van der Waals surface area contributed by atoms with Gasteiger partial charge in [0.1, 0.15) is 5.69 Å². The number of aromatic nitrogens is 2. The van der Waals surface area contributed by atoms with E-state index in [2.05, 4.69) is 15.3 Å². The van der Waals surface area contributed by atoms with Crippen molar-refractivity contribution in [1.29, 1.82) is 0 Å². The molecule has 5 nitrogen and oxygen atoms in total. The van der Waals surface area contributed by atoms with Crippen molar-refractivity contribution in [1.82, 2.24) is 15.3 Å². The van der Waals surface area contributed by atoms with E-state index in [4.69, 9.17) is 5.11 Å². The molecule has 5 heteroatoms. The number of nitrogens with one attached hydrogen (secondary N) is 1. The van der Waals surface area contributed by atoms with Gasteiger partial charge in [-0.1, -0.05) is 30.3 Å². The molecule has 0 radical (unpaired) electrons. The first-order chi connectivity index (χ1) is 9.81. The van der Waals surface area contributed by atoms with Gasteiger partial charge in [-0.25, -0.2) is 4.98 Å². The van der Waals surface area contributed by atoms with E-state index < -0.39 is 0 Å². The Bertz CT molecular complexity index is 531. The van der Waals surface area contributed by atoms with Gasteiger partial charge >= 0.3 is 0 Å². The number of aliphatic hydroxyl groups is 1. The Morgan fingerprint density at radius 1 is 1.25 bits per heavy atom. The van der Waals surface area contributed by atoms with E-state index in [1.807, 2.05) is 30.3 Å². The number of nitrogens with zero attached hydrogens (tertiary/aromatic N) is 2. The topological polar surface area (TPSA) is 75.1 Å². The molecule has 1 aromatic carbocycles. The third-order valence-electron chi connectivity index (χ3n) is 3.05. The highest BCUT2D eigenvalue weighted by Gasteiger charge is 2.13. The molecule has 0 aliphatic carbocycles. The highest BCUT2D eigenvalue weighted by molar-refractivity contribution is 5.91. The van der Waals surface area contributed by atoms with Crippen LogP contribution in [0.1, 0.15) is 28.4 Å². The summed E-state index contributed by atoms with van der Waals surface area (Å²) < 4.78 is 0. The highest BCUT2D eigenvalue weighted by atomic mass is 16.3. The van der Waals surface area contributed by atoms with Crippen LogP contribution < -0.4 is 5.32 Å². The van der Waals surface area contributed by atoms with Gasteiger partial charge < -0.3 is 10.4 Å². The summed E-state index contributed by atoms with van der Waals surface area (Å²) in [6, 6.07) is 9.83. The maximum Gasteiger partial charge on any atom is 0.271 e. The van der Waals surface area contributed by atoms with E-state index in [0.717, 1.165) is 5.56 Å². The first-order valence-corrected chi connectivity index (χ1v) is 6.51. The lowest BCUT2D eigenvalue weighted by Gasteiger charge is -2.16. The number of amides is 1. The Kier molecular flexibility index (Phi) is 5.20. The van der Waals surface area contributed by atoms with Crippen molar-refractivity contribution in [2.45, 2.75) is 12.3 Å². The second-order valence-corrected chi connectivity index (χ2v) is 4.42. The van der Waals surface area contributed by atoms with Crippen LogP contribution in [0.25, 0.3) is 0 Å². The minimum absolute atomic E-state index is 0.0839. The Labute approximate surface area is 117 Å². The van der Waals surface area contributed by atoms with Gasteiger partial charge in [-0.3, -0.25) is 9.78 Å². The fourth-order valence-electron chi connectivity index (χ4n) is 1.99. The van der Waals surface area contributed by atoms with E-state index in [0.29, 0.717) is 18.7 Å². The van der Waals surface area contributed by atoms with Crippen molar-refractivity contribution in [3.63, 3.8) is 0 Å². The van der Waals surface area contributed by atoms with Gasteiger partial charge in [-0.05, 0) is 12.0 Å². The standard InChI is InChI=1S/C15H17N3O2/c19-9-6-13(12-4-2-1-3-5-12)10-18-15(20)14-11-16-7-8-17-14/h1-5,7-8,11,13,19H,6,9-10H2,(H,18,20). The van der Waals surface area contributed by atoms with Crippen LogP contribution in [0.4, 0.5) is 0 Å². The molecule has 0 aliphatic heterocycles. The van der Waals surface area contributed by atoms with Crippen molar-refractivity contribution in [3.8, 4) is 0 Å². The molecule has 1 atom stereocenters. The molecule has 104 valence electrons. The van der Waals surface area contributed by atoms with Crippen molar-refractivity contribution in [2.75, 3.05) is 13.2 Å². The highest BCUT2D eigenvalue weighted by Crippen LogP contribution is 2.18. The summed E-state index contributed by atoms with van der Waals surface area (Å²) in [6.07, 6.45) is 5.04. The summed E-state index contributed by atoms with van der Waals surface area (Å²) >= 11 is 0. The van der Waals surface area contributed by atoms with Gasteiger partial charge in [-0.2, -0.15) is 0 Å². The van der Waals surface area contributed by atoms with Crippen LogP contribution in [0, 0.1) is 0 Å². The Morgan fingerprint density at radius 2 is 2.05 bits per heavy atom. The Balaban J connectivity index is 1.98. The summed E-state index contributed by atoms with van der Waals surface area (Å²) in [4.78, 5) is 19.7. The number of benzene rings is 1. The van der Waals surface area contributed by atoms with Gasteiger partial charge in [0.05, 0.1) is 6.20 Å². The molecule has 0 spiro atoms. The zero-order chi connectivity index (χ0) is 14.2. The molecule has 1 heterocycles. The number of carbonyl (C=O) groups excluding carboxylic acids is 1. The smallest absolute Gasteiger partial charge is 0.271 e. The number of hydrogen-bond acceptors (Lipinski definition) is 4. The molecular formula is C15H17N3O2. The van der Waals surface area contributed by atoms with Crippen LogP contribution in [-0.4, -0.2) is 34.1 Å². The van der Waals surface area contributed by atoms with Crippen LogP contribution in [-0.2, 0) is 0 Å². The number of aliphatic hydroxyl groups excluding tert-OH is 1. The summed E-state index contributed by atoms with van der Waals surface area (Å²) in [5.74, 6) is -0.168. The largest absolute Gasteiger partial charge is 0.396 e. The molecule has 0 saturated carbocycles. The van der Waals surface area contributed by atoms with Gasteiger partial charge in [0.25, 0.3) is 5.91 Å². The lowest BCUT2D eigenvalue weighted by Crippen LogP contribution is -2.29. The maximum absolute atomic E-state index is 11.9. The minimum atomic E-state index is -0.253. The van der Waals surface area contributed by atoms with Crippen LogP contribution in [0.2, 0.25) is 0 Å². The molecule has 20 heavy (non-hydrogen) atoms. The number of rotatable bonds is 6. The van der Waals surface area contributed by atoms with E-state index in [1.54, 1.807) is 0 Å². The van der Waals surface area contributed by atoms with E-state index in [9.17, 15) is 4.79 Å². The molecule has 1 amide bonds. The van der Waals surface area contributed by atoms with Gasteiger partial charge in [0.2, 0.25) is 0 Å². The summed E-state index contributed by atoms with van der Waals surface area (Å²) in [6.45, 7) is 0.542. The predicted octanol–water partition coefficient (Wildman–Crippen LogP) is 1.37. The lowest BCUT2D eigenvalue weighted by molar-refractivity contribution is 0.0944. The molecule has 0 fully saturated rings. The van der Waals surface area contributed by atoms with Crippen LogP contribution >= 0.6 is 0 Å². The van der Waals surface area contributed by atoms with Crippen LogP contribution in [0.15, 0.2) is 48.9 Å². The molecule has 2 rings (SSSR count). The number of carbonyl (C=O) groups is 1. The summed E-state index contributed by atoms with van der Waals surface area (Å²) in [5, 5.41) is 12.0. The zero-order valence-corrected chi connectivity index (χ0v) is 11.1. The second-order valence-electron chi connectivity index (χ2n) is 4.42. The third-order valence-corrected chi connectivity index (χ3v) is 3.05. The van der Waals surface area contributed by atoms with Crippen LogP contribution in [0.5, 0.6) is 0 Å². The van der Waals surface area contributed by atoms with E-state index >= 15 is 0 Å². The average Bonchev–Trinajstić information content (AvgIpc) is 2.53. The molecule has 0 saturated heterocycles. The first kappa shape index (κ1) is 14.1. The first-order valence-electron chi connectivity index (χ1n) is 6.51. The van der Waals surface area contributed by atoms with Crippen molar-refractivity contribution >= 4 is 5.91 Å². The van der Waals surface area contributed by atoms with Gasteiger partial charge in [0, 0.05) is 31.5 Å². The fraction of sp³-hybridized carbons (Fsp3) is 0.267. The van der Waals surface area contributed by atoms with Crippen LogP contribution in [0.3, 0.4) is 0 Å². The Hall–Kier alpha value is -2.27. The Morgan fingerprint density at radius 3 is 2.70 bits per heavy atom.